The number of nitrogens with one attached hydrogen (secondary N) is 1. The van der Waals surface area contributed by atoms with Gasteiger partial charge in [0.05, 0.1) is 3.79 Å². The van der Waals surface area contributed by atoms with Crippen LogP contribution >= 0.6 is 27.3 Å². The quantitative estimate of drug-likeness (QED) is 0.828. The number of rotatable bonds is 6. The van der Waals surface area contributed by atoms with Gasteiger partial charge in [0, 0.05) is 30.1 Å². The van der Waals surface area contributed by atoms with Crippen LogP contribution in [-0.2, 0) is 0 Å². The molecule has 2 rings (SSSR count). The summed E-state index contributed by atoms with van der Waals surface area (Å²) < 4.78 is 1.23. The first-order chi connectivity index (χ1) is 9.06. The molecule has 1 fully saturated rings. The molecule has 1 N–H and O–H groups in total. The molecule has 108 valence electrons. The van der Waals surface area contributed by atoms with Gasteiger partial charge < -0.3 is 5.32 Å². The normalized spacial score (nSPS) is 21.5. The SMILES string of the molecule is CC(C)CN(CC1CCCN1)C(C)c1ccc(Br)s1. The van der Waals surface area contributed by atoms with E-state index in [9.17, 15) is 0 Å². The van der Waals surface area contributed by atoms with Gasteiger partial charge in [-0.1, -0.05) is 13.8 Å². The third-order valence-electron chi connectivity index (χ3n) is 3.77. The van der Waals surface area contributed by atoms with E-state index >= 15 is 0 Å². The maximum absolute atomic E-state index is 3.62. The maximum atomic E-state index is 3.62. The minimum atomic E-state index is 0.515. The summed E-state index contributed by atoms with van der Waals surface area (Å²) in [5.74, 6) is 0.715. The maximum Gasteiger partial charge on any atom is 0.0701 e. The molecule has 0 aliphatic carbocycles. The molecule has 1 aromatic rings. The van der Waals surface area contributed by atoms with E-state index in [0.717, 1.165) is 0 Å². The van der Waals surface area contributed by atoms with Crippen LogP contribution in [-0.4, -0.2) is 30.6 Å². The molecule has 2 heterocycles. The summed E-state index contributed by atoms with van der Waals surface area (Å²) in [7, 11) is 0. The van der Waals surface area contributed by atoms with Gasteiger partial charge in [0.2, 0.25) is 0 Å². The number of hydrogen-bond donors (Lipinski definition) is 1. The van der Waals surface area contributed by atoms with E-state index < -0.39 is 0 Å². The lowest BCUT2D eigenvalue weighted by Crippen LogP contribution is -2.40. The Hall–Kier alpha value is 0.1000. The first-order valence-electron chi connectivity index (χ1n) is 7.29. The van der Waals surface area contributed by atoms with Crippen molar-refractivity contribution in [3.63, 3.8) is 0 Å². The van der Waals surface area contributed by atoms with E-state index in [0.29, 0.717) is 18.0 Å². The van der Waals surface area contributed by atoms with E-state index in [-0.39, 0.29) is 0 Å². The smallest absolute Gasteiger partial charge is 0.0701 e. The number of nitrogens with zero attached hydrogens (tertiary/aromatic N) is 1. The second kappa shape index (κ2) is 7.21. The van der Waals surface area contributed by atoms with Gasteiger partial charge in [-0.05, 0) is 60.3 Å². The minimum absolute atomic E-state index is 0.515. The molecule has 2 nitrogen and oxygen atoms in total. The Bertz CT molecular complexity index is 385. The lowest BCUT2D eigenvalue weighted by atomic mass is 10.1. The predicted octanol–water partition coefficient (Wildman–Crippen LogP) is 4.28. The first-order valence-corrected chi connectivity index (χ1v) is 8.90. The van der Waals surface area contributed by atoms with Crippen LogP contribution in [0.1, 0.15) is 44.5 Å². The Kier molecular flexibility index (Phi) is 5.87. The molecular weight excluding hydrogens is 320 g/mol. The highest BCUT2D eigenvalue weighted by Gasteiger charge is 2.23. The molecule has 0 saturated carbocycles. The standard InChI is InChI=1S/C15H25BrN2S/c1-11(2)9-18(10-13-5-4-8-17-13)12(3)14-6-7-15(16)19-14/h6-7,11-13,17H,4-5,8-10H2,1-3H3. The topological polar surface area (TPSA) is 15.3 Å². The van der Waals surface area contributed by atoms with E-state index in [4.69, 9.17) is 0 Å². The molecule has 0 bridgehead atoms. The Morgan fingerprint density at radius 2 is 2.21 bits per heavy atom. The van der Waals surface area contributed by atoms with Gasteiger partial charge in [-0.25, -0.2) is 0 Å². The number of halogens is 1. The van der Waals surface area contributed by atoms with E-state index in [1.807, 2.05) is 11.3 Å². The van der Waals surface area contributed by atoms with Gasteiger partial charge in [0.15, 0.2) is 0 Å². The highest BCUT2D eigenvalue weighted by atomic mass is 79.9. The van der Waals surface area contributed by atoms with Crippen molar-refractivity contribution >= 4 is 27.3 Å². The van der Waals surface area contributed by atoms with Crippen molar-refractivity contribution in [1.29, 1.82) is 0 Å². The molecule has 0 aromatic carbocycles. The van der Waals surface area contributed by atoms with Crippen LogP contribution in [0.3, 0.4) is 0 Å². The summed E-state index contributed by atoms with van der Waals surface area (Å²) in [4.78, 5) is 4.11. The van der Waals surface area contributed by atoms with Crippen molar-refractivity contribution in [3.8, 4) is 0 Å². The molecular formula is C15H25BrN2S. The van der Waals surface area contributed by atoms with Gasteiger partial charge in [-0.15, -0.1) is 11.3 Å². The van der Waals surface area contributed by atoms with Crippen LogP contribution in [0.2, 0.25) is 0 Å². The highest BCUT2D eigenvalue weighted by Crippen LogP contribution is 2.31. The Balaban J connectivity index is 2.02. The molecule has 0 radical (unpaired) electrons. The van der Waals surface area contributed by atoms with Crippen LogP contribution in [0.15, 0.2) is 15.9 Å². The van der Waals surface area contributed by atoms with Crippen molar-refractivity contribution in [1.82, 2.24) is 10.2 Å². The monoisotopic (exact) mass is 344 g/mol. The summed E-state index contributed by atoms with van der Waals surface area (Å²) >= 11 is 5.44. The van der Waals surface area contributed by atoms with E-state index in [1.54, 1.807) is 0 Å². The average molecular weight is 345 g/mol. The van der Waals surface area contributed by atoms with Gasteiger partial charge >= 0.3 is 0 Å². The summed E-state index contributed by atoms with van der Waals surface area (Å²) in [6.45, 7) is 10.5. The van der Waals surface area contributed by atoms with Gasteiger partial charge in [-0.3, -0.25) is 4.90 Å². The second-order valence-corrected chi connectivity index (χ2v) is 8.45. The summed E-state index contributed by atoms with van der Waals surface area (Å²) in [5, 5.41) is 3.62. The molecule has 1 aliphatic heterocycles. The van der Waals surface area contributed by atoms with Gasteiger partial charge in [0.1, 0.15) is 0 Å². The van der Waals surface area contributed by atoms with Crippen LogP contribution in [0.25, 0.3) is 0 Å². The largest absolute Gasteiger partial charge is 0.313 e. The fourth-order valence-electron chi connectivity index (χ4n) is 2.79. The van der Waals surface area contributed by atoms with E-state index in [1.165, 1.54) is 41.1 Å². The van der Waals surface area contributed by atoms with Crippen LogP contribution in [0.4, 0.5) is 0 Å². The fourth-order valence-corrected chi connectivity index (χ4v) is 4.30. The number of hydrogen-bond acceptors (Lipinski definition) is 3. The highest BCUT2D eigenvalue weighted by molar-refractivity contribution is 9.11. The zero-order valence-electron chi connectivity index (χ0n) is 12.2. The van der Waals surface area contributed by atoms with Crippen molar-refractivity contribution in [2.45, 2.75) is 45.7 Å². The molecule has 4 heteroatoms. The Morgan fingerprint density at radius 3 is 2.74 bits per heavy atom. The van der Waals surface area contributed by atoms with Crippen LogP contribution in [0, 0.1) is 5.92 Å². The average Bonchev–Trinajstić information content (AvgIpc) is 2.98. The summed E-state index contributed by atoms with van der Waals surface area (Å²) in [6.07, 6.45) is 2.66. The fraction of sp³-hybridized carbons (Fsp3) is 0.733. The zero-order chi connectivity index (χ0) is 13.8. The van der Waals surface area contributed by atoms with Crippen LogP contribution in [0.5, 0.6) is 0 Å². The zero-order valence-corrected chi connectivity index (χ0v) is 14.6. The second-order valence-electron chi connectivity index (χ2n) is 5.96. The third kappa shape index (κ3) is 4.55. The molecule has 0 amide bonds. The molecule has 2 unspecified atom stereocenters. The molecule has 1 saturated heterocycles. The lowest BCUT2D eigenvalue weighted by Gasteiger charge is -2.32. The minimum Gasteiger partial charge on any atom is -0.313 e. The summed E-state index contributed by atoms with van der Waals surface area (Å²) in [6, 6.07) is 5.62. The molecule has 19 heavy (non-hydrogen) atoms. The molecule has 2 atom stereocenters. The predicted molar refractivity (Wildman–Crippen MR) is 87.9 cm³/mol. The van der Waals surface area contributed by atoms with Crippen molar-refractivity contribution in [2.24, 2.45) is 5.92 Å². The number of thiophene rings is 1. The van der Waals surface area contributed by atoms with Crippen molar-refractivity contribution < 1.29 is 0 Å². The first kappa shape index (κ1) is 15.5. The van der Waals surface area contributed by atoms with E-state index in [2.05, 4.69) is 59.1 Å². The van der Waals surface area contributed by atoms with Gasteiger partial charge in [-0.2, -0.15) is 0 Å². The lowest BCUT2D eigenvalue weighted by molar-refractivity contribution is 0.174. The molecule has 1 aromatic heterocycles. The molecule has 0 spiro atoms. The Labute approximate surface area is 129 Å². The third-order valence-corrected chi connectivity index (χ3v) is 5.56. The van der Waals surface area contributed by atoms with Gasteiger partial charge in [0.25, 0.3) is 0 Å². The van der Waals surface area contributed by atoms with Crippen LogP contribution < -0.4 is 5.32 Å². The Morgan fingerprint density at radius 1 is 1.42 bits per heavy atom. The molecule has 1 aliphatic rings. The van der Waals surface area contributed by atoms with Crippen molar-refractivity contribution in [3.05, 3.63) is 20.8 Å². The summed E-state index contributed by atoms with van der Waals surface area (Å²) in [5.41, 5.74) is 0. The van der Waals surface area contributed by atoms with Crippen molar-refractivity contribution in [2.75, 3.05) is 19.6 Å².